The first-order valence-electron chi connectivity index (χ1n) is 18.3. The molecule has 1 aliphatic rings. The summed E-state index contributed by atoms with van der Waals surface area (Å²) in [6.45, 7) is 0. The fraction of sp³-hybridized carbons (Fsp3) is 0.0408. The molecular weight excluding hydrogens is 697 g/mol. The van der Waals surface area contributed by atoms with Gasteiger partial charge in [-0.25, -0.2) is 4.98 Å². The number of fused-ring (bicyclic) bond motifs is 8. The fourth-order valence-corrected chi connectivity index (χ4v) is 10.2. The van der Waals surface area contributed by atoms with Crippen LogP contribution in [0.15, 0.2) is 186 Å². The first kappa shape index (κ1) is 31.3. The number of hydrogen-bond donors (Lipinski definition) is 0. The van der Waals surface area contributed by atoms with Gasteiger partial charge in [-0.2, -0.15) is 0 Å². The number of rotatable bonds is 6. The second-order valence-electron chi connectivity index (χ2n) is 13.9. The topological polar surface area (TPSA) is 29.3 Å². The largest absolute Gasteiger partial charge is 0.456 e. The summed E-state index contributed by atoms with van der Waals surface area (Å²) in [5.74, 6) is 0.234. The zero-order valence-corrected chi connectivity index (χ0v) is 30.8. The lowest BCUT2D eigenvalue weighted by Crippen LogP contribution is -2.17. The molecule has 3 nitrogen and oxygen atoms in total. The summed E-state index contributed by atoms with van der Waals surface area (Å²) in [6.07, 6.45) is 7.95. The lowest BCUT2D eigenvalue weighted by Gasteiger charge is -2.29. The Labute approximate surface area is 320 Å². The van der Waals surface area contributed by atoms with Crippen LogP contribution < -0.4 is 4.90 Å². The smallest absolute Gasteiger partial charge is 0.137 e. The van der Waals surface area contributed by atoms with Gasteiger partial charge in [-0.05, 0) is 71.7 Å². The van der Waals surface area contributed by atoms with E-state index < -0.39 is 0 Å². The molecule has 1 unspecified atom stereocenters. The van der Waals surface area contributed by atoms with Crippen LogP contribution in [0.3, 0.4) is 0 Å². The van der Waals surface area contributed by atoms with Gasteiger partial charge in [0, 0.05) is 43.7 Å². The molecule has 256 valence electrons. The molecule has 0 fully saturated rings. The van der Waals surface area contributed by atoms with E-state index >= 15 is 0 Å². The van der Waals surface area contributed by atoms with E-state index in [4.69, 9.17) is 9.40 Å². The van der Waals surface area contributed by atoms with Gasteiger partial charge in [-0.1, -0.05) is 127 Å². The number of thiophene rings is 1. The van der Waals surface area contributed by atoms with Gasteiger partial charge < -0.3 is 9.32 Å². The van der Waals surface area contributed by atoms with Gasteiger partial charge in [-0.15, -0.1) is 22.7 Å². The number of benzene rings is 7. The van der Waals surface area contributed by atoms with Gasteiger partial charge in [-0.3, -0.25) is 0 Å². The minimum atomic E-state index is 0.234. The van der Waals surface area contributed by atoms with Crippen molar-refractivity contribution in [2.45, 2.75) is 12.3 Å². The third-order valence-electron chi connectivity index (χ3n) is 10.7. The first-order valence-corrected chi connectivity index (χ1v) is 19.9. The number of aromatic nitrogens is 1. The van der Waals surface area contributed by atoms with E-state index in [2.05, 4.69) is 175 Å². The molecule has 0 radical (unpaired) electrons. The molecule has 0 spiro atoms. The predicted octanol–water partition coefficient (Wildman–Crippen LogP) is 14.7. The van der Waals surface area contributed by atoms with Crippen LogP contribution in [0.25, 0.3) is 74.0 Å². The van der Waals surface area contributed by atoms with Gasteiger partial charge >= 0.3 is 0 Å². The van der Waals surface area contributed by atoms with Crippen molar-refractivity contribution in [2.75, 3.05) is 4.90 Å². The monoisotopic (exact) mass is 728 g/mol. The SMILES string of the molecule is C1=CC(c2ccc3c(c2)oc2ccc4sc(-c5ccccc5)nc4c23)CC=C1N(c1ccc(-c2ccccc2)cc1)c1cccc2c1sc1ccccc12. The Bertz CT molecular complexity index is 3080. The molecule has 0 bridgehead atoms. The Hall–Kier alpha value is -6.27. The van der Waals surface area contributed by atoms with Crippen LogP contribution in [0.5, 0.6) is 0 Å². The number of furan rings is 1. The number of nitrogens with zero attached hydrogens (tertiary/aromatic N) is 2. The molecule has 0 aliphatic heterocycles. The van der Waals surface area contributed by atoms with Gasteiger partial charge in [0.25, 0.3) is 0 Å². The number of thiazole rings is 1. The molecule has 1 aliphatic carbocycles. The van der Waals surface area contributed by atoms with Crippen molar-refractivity contribution in [3.8, 4) is 21.7 Å². The lowest BCUT2D eigenvalue weighted by atomic mass is 9.90. The Morgan fingerprint density at radius 2 is 1.35 bits per heavy atom. The quantitative estimate of drug-likeness (QED) is 0.171. The number of hydrogen-bond acceptors (Lipinski definition) is 5. The van der Waals surface area contributed by atoms with Crippen molar-refractivity contribution in [3.63, 3.8) is 0 Å². The third-order valence-corrected chi connectivity index (χ3v) is 12.9. The summed E-state index contributed by atoms with van der Waals surface area (Å²) in [4.78, 5) is 7.54. The minimum Gasteiger partial charge on any atom is -0.456 e. The predicted molar refractivity (Wildman–Crippen MR) is 230 cm³/mol. The van der Waals surface area contributed by atoms with Crippen molar-refractivity contribution < 1.29 is 4.42 Å². The minimum absolute atomic E-state index is 0.234. The molecule has 0 amide bonds. The Morgan fingerprint density at radius 3 is 2.17 bits per heavy atom. The first-order chi connectivity index (χ1) is 26.7. The molecule has 5 heteroatoms. The highest BCUT2D eigenvalue weighted by molar-refractivity contribution is 7.26. The molecule has 1 atom stereocenters. The highest BCUT2D eigenvalue weighted by Crippen LogP contribution is 2.45. The summed E-state index contributed by atoms with van der Waals surface area (Å²) in [5.41, 5.74) is 11.1. The van der Waals surface area contributed by atoms with Crippen LogP contribution in [0, 0.1) is 0 Å². The summed E-state index contributed by atoms with van der Waals surface area (Å²) in [7, 11) is 0. The maximum Gasteiger partial charge on any atom is 0.137 e. The van der Waals surface area contributed by atoms with Crippen molar-refractivity contribution in [3.05, 3.63) is 187 Å². The van der Waals surface area contributed by atoms with E-state index in [9.17, 15) is 0 Å². The molecule has 3 heterocycles. The summed E-state index contributed by atoms with van der Waals surface area (Å²) in [5, 5.41) is 5.84. The maximum absolute atomic E-state index is 6.51. The van der Waals surface area contributed by atoms with E-state index in [1.54, 1.807) is 11.3 Å². The zero-order valence-electron chi connectivity index (χ0n) is 29.1. The highest BCUT2D eigenvalue weighted by atomic mass is 32.1. The molecule has 0 saturated heterocycles. The average molecular weight is 729 g/mol. The second kappa shape index (κ2) is 12.7. The standard InChI is InChI=1S/C49H32N2OS2/c1-3-10-31(11-4-1)32-18-23-36(24-19-32)51(41-16-9-15-39-38-14-7-8-17-44(38)53-48(39)41)37-25-20-33(21-26-37)35-22-27-40-43(30-35)52-42-28-29-45-47(46(40)42)50-49(54-45)34-12-5-2-6-13-34/h1-20,22-30,33H,21H2. The maximum atomic E-state index is 6.51. The molecular formula is C49H32N2OS2. The lowest BCUT2D eigenvalue weighted by molar-refractivity contribution is 0.667. The van der Waals surface area contributed by atoms with Crippen LogP contribution >= 0.6 is 22.7 Å². The molecule has 54 heavy (non-hydrogen) atoms. The third kappa shape index (κ3) is 5.19. The Balaban J connectivity index is 0.959. The fourth-order valence-electron chi connectivity index (χ4n) is 8.00. The van der Waals surface area contributed by atoms with E-state index in [1.165, 1.54) is 52.9 Å². The van der Waals surface area contributed by atoms with Crippen LogP contribution in [-0.4, -0.2) is 4.98 Å². The van der Waals surface area contributed by atoms with Gasteiger partial charge in [0.2, 0.25) is 0 Å². The van der Waals surface area contributed by atoms with Crippen molar-refractivity contribution in [1.29, 1.82) is 0 Å². The van der Waals surface area contributed by atoms with E-state index in [-0.39, 0.29) is 5.92 Å². The molecule has 7 aromatic carbocycles. The normalized spacial score (nSPS) is 14.4. The molecule has 3 aromatic heterocycles. The summed E-state index contributed by atoms with van der Waals surface area (Å²) in [6, 6.07) is 56.4. The molecule has 0 saturated carbocycles. The zero-order chi connectivity index (χ0) is 35.6. The van der Waals surface area contributed by atoms with Crippen molar-refractivity contribution >= 4 is 86.4 Å². The Morgan fingerprint density at radius 1 is 0.593 bits per heavy atom. The van der Waals surface area contributed by atoms with Crippen LogP contribution in [0.1, 0.15) is 17.9 Å². The average Bonchev–Trinajstić information content (AvgIpc) is 3.96. The van der Waals surface area contributed by atoms with Crippen LogP contribution in [0.2, 0.25) is 0 Å². The molecule has 11 rings (SSSR count). The van der Waals surface area contributed by atoms with E-state index in [0.717, 1.165) is 50.1 Å². The van der Waals surface area contributed by atoms with Crippen LogP contribution in [-0.2, 0) is 0 Å². The number of allylic oxidation sites excluding steroid dienone is 3. The summed E-state index contributed by atoms with van der Waals surface area (Å²) >= 11 is 3.60. The Kier molecular flexibility index (Phi) is 7.35. The van der Waals surface area contributed by atoms with Gasteiger partial charge in [0.15, 0.2) is 0 Å². The van der Waals surface area contributed by atoms with E-state index in [0.29, 0.717) is 0 Å². The molecule has 10 aromatic rings. The van der Waals surface area contributed by atoms with Gasteiger partial charge in [0.05, 0.1) is 26.0 Å². The van der Waals surface area contributed by atoms with Crippen LogP contribution in [0.4, 0.5) is 11.4 Å². The van der Waals surface area contributed by atoms with Crippen molar-refractivity contribution in [1.82, 2.24) is 4.98 Å². The number of anilines is 2. The van der Waals surface area contributed by atoms with Gasteiger partial charge in [0.1, 0.15) is 16.2 Å². The van der Waals surface area contributed by atoms with Crippen molar-refractivity contribution in [2.24, 2.45) is 0 Å². The molecule has 0 N–H and O–H groups in total. The van der Waals surface area contributed by atoms with E-state index in [1.807, 2.05) is 17.4 Å². The summed E-state index contributed by atoms with van der Waals surface area (Å²) < 4.78 is 10.3. The highest BCUT2D eigenvalue weighted by Gasteiger charge is 2.23. The second-order valence-corrected chi connectivity index (χ2v) is 15.9.